The van der Waals surface area contributed by atoms with Gasteiger partial charge >= 0.3 is 0 Å². The normalized spacial score (nSPS) is 11.6. The molecule has 2 heteroatoms. The van der Waals surface area contributed by atoms with Crippen molar-refractivity contribution in [3.8, 4) is 0 Å². The Hall–Kier alpha value is -1.13. The van der Waals surface area contributed by atoms with Gasteiger partial charge in [0.2, 0.25) is 0 Å². The van der Waals surface area contributed by atoms with Gasteiger partial charge in [0, 0.05) is 23.7 Å². The van der Waals surface area contributed by atoms with Crippen molar-refractivity contribution in [2.24, 2.45) is 0 Å². The molecule has 0 saturated carbocycles. The molecule has 0 saturated heterocycles. The van der Waals surface area contributed by atoms with Gasteiger partial charge in [-0.1, -0.05) is 30.3 Å². The number of hydrogen-bond acceptors (Lipinski definition) is 1. The third-order valence-corrected chi connectivity index (χ3v) is 5.13. The molecule has 0 radical (unpaired) electrons. The van der Waals surface area contributed by atoms with Crippen molar-refractivity contribution >= 4 is 64.9 Å². The highest BCUT2D eigenvalue weighted by molar-refractivity contribution is 14.1. The van der Waals surface area contributed by atoms with Crippen LogP contribution in [0.4, 0.5) is 0 Å². The van der Waals surface area contributed by atoms with Crippen molar-refractivity contribution in [1.82, 2.24) is 0 Å². The van der Waals surface area contributed by atoms with Crippen LogP contribution in [0.3, 0.4) is 0 Å². The molecule has 0 fully saturated rings. The first-order valence-corrected chi connectivity index (χ1v) is 7.72. The summed E-state index contributed by atoms with van der Waals surface area (Å²) >= 11 is 4.25. The van der Waals surface area contributed by atoms with E-state index in [9.17, 15) is 0 Å². The molecular weight excluding hydrogens is 351 g/mol. The molecule has 0 aliphatic carbocycles. The van der Waals surface area contributed by atoms with E-state index in [1.54, 1.807) is 0 Å². The van der Waals surface area contributed by atoms with E-state index in [0.717, 1.165) is 0 Å². The van der Waals surface area contributed by atoms with Crippen LogP contribution in [0.1, 0.15) is 0 Å². The highest BCUT2D eigenvalue weighted by atomic mass is 127. The summed E-state index contributed by atoms with van der Waals surface area (Å²) in [5.74, 6) is 0. The molecule has 1 heterocycles. The number of rotatable bonds is 0. The SMILES string of the molecule is Ic1ccc2c(ccc3sc4ccccc4c32)c1. The Morgan fingerprint density at radius 1 is 0.778 bits per heavy atom. The highest BCUT2D eigenvalue weighted by Gasteiger charge is 2.07. The third kappa shape index (κ3) is 1.49. The van der Waals surface area contributed by atoms with Crippen LogP contribution in [-0.2, 0) is 0 Å². The second kappa shape index (κ2) is 3.93. The minimum absolute atomic E-state index is 1.29. The molecular formula is C16H9IS. The lowest BCUT2D eigenvalue weighted by Gasteiger charge is -2.01. The summed E-state index contributed by atoms with van der Waals surface area (Å²) in [6, 6.07) is 19.8. The van der Waals surface area contributed by atoms with Gasteiger partial charge in [0.1, 0.15) is 0 Å². The fourth-order valence-corrected chi connectivity index (χ4v) is 4.16. The van der Waals surface area contributed by atoms with Crippen molar-refractivity contribution in [2.45, 2.75) is 0 Å². The maximum atomic E-state index is 2.37. The summed E-state index contributed by atoms with van der Waals surface area (Å²) in [6.45, 7) is 0. The first-order valence-electron chi connectivity index (χ1n) is 5.82. The van der Waals surface area contributed by atoms with Crippen LogP contribution >= 0.6 is 33.9 Å². The fourth-order valence-electron chi connectivity index (χ4n) is 2.52. The average Bonchev–Trinajstić information content (AvgIpc) is 2.77. The zero-order chi connectivity index (χ0) is 12.1. The minimum atomic E-state index is 1.29. The molecule has 3 aromatic carbocycles. The molecule has 0 nitrogen and oxygen atoms in total. The van der Waals surface area contributed by atoms with Gasteiger partial charge in [0.15, 0.2) is 0 Å². The quantitative estimate of drug-likeness (QED) is 0.347. The van der Waals surface area contributed by atoms with Crippen molar-refractivity contribution in [3.63, 3.8) is 0 Å². The Bertz CT molecular complexity index is 889. The first-order chi connectivity index (χ1) is 8.83. The predicted molar refractivity (Wildman–Crippen MR) is 89.6 cm³/mol. The summed E-state index contributed by atoms with van der Waals surface area (Å²) in [5, 5.41) is 5.48. The van der Waals surface area contributed by atoms with E-state index in [0.29, 0.717) is 0 Å². The Balaban J connectivity index is 2.32. The lowest BCUT2D eigenvalue weighted by atomic mass is 10.0. The molecule has 0 atom stereocenters. The number of benzene rings is 3. The zero-order valence-corrected chi connectivity index (χ0v) is 12.5. The topological polar surface area (TPSA) is 0 Å². The van der Waals surface area contributed by atoms with Crippen molar-refractivity contribution < 1.29 is 0 Å². The highest BCUT2D eigenvalue weighted by Crippen LogP contribution is 2.38. The fraction of sp³-hybridized carbons (Fsp3) is 0. The van der Waals surface area contributed by atoms with E-state index >= 15 is 0 Å². The summed E-state index contributed by atoms with van der Waals surface area (Å²) in [6.07, 6.45) is 0. The molecule has 0 bridgehead atoms. The number of hydrogen-bond donors (Lipinski definition) is 0. The Morgan fingerprint density at radius 3 is 2.61 bits per heavy atom. The van der Waals surface area contributed by atoms with Crippen molar-refractivity contribution in [1.29, 1.82) is 0 Å². The van der Waals surface area contributed by atoms with E-state index in [1.807, 2.05) is 11.3 Å². The van der Waals surface area contributed by atoms with Gasteiger partial charge in [-0.05, 0) is 57.6 Å². The smallest absolute Gasteiger partial charge is 0.0361 e. The summed E-state index contributed by atoms with van der Waals surface area (Å²) in [4.78, 5) is 0. The molecule has 18 heavy (non-hydrogen) atoms. The van der Waals surface area contributed by atoms with E-state index in [-0.39, 0.29) is 0 Å². The average molecular weight is 360 g/mol. The van der Waals surface area contributed by atoms with Crippen LogP contribution in [0, 0.1) is 3.57 Å². The Labute approximate surface area is 122 Å². The molecule has 0 N–H and O–H groups in total. The number of fused-ring (bicyclic) bond motifs is 5. The van der Waals surface area contributed by atoms with Crippen molar-refractivity contribution in [2.75, 3.05) is 0 Å². The lowest BCUT2D eigenvalue weighted by Crippen LogP contribution is -1.76. The molecule has 1 aromatic heterocycles. The van der Waals surface area contributed by atoms with Crippen molar-refractivity contribution in [3.05, 3.63) is 58.2 Å². The molecule has 0 unspecified atom stereocenters. The van der Waals surface area contributed by atoms with Crippen LogP contribution < -0.4 is 0 Å². The van der Waals surface area contributed by atoms with Crippen LogP contribution in [0.5, 0.6) is 0 Å². The van der Waals surface area contributed by atoms with Gasteiger partial charge < -0.3 is 0 Å². The molecule has 86 valence electrons. The standard InChI is InChI=1S/C16H9IS/c17-11-6-7-12-10(9-11)5-8-15-16(12)13-3-1-2-4-14(13)18-15/h1-9H. The van der Waals surface area contributed by atoms with E-state index in [2.05, 4.69) is 77.2 Å². The third-order valence-electron chi connectivity index (χ3n) is 3.32. The summed E-state index contributed by atoms with van der Waals surface area (Å²) in [5.41, 5.74) is 0. The molecule has 0 aliphatic heterocycles. The van der Waals surface area contributed by atoms with Crippen LogP contribution in [0.25, 0.3) is 30.9 Å². The van der Waals surface area contributed by atoms with Gasteiger partial charge in [-0.3, -0.25) is 0 Å². The lowest BCUT2D eigenvalue weighted by molar-refractivity contribution is 1.74. The molecule has 0 amide bonds. The zero-order valence-electron chi connectivity index (χ0n) is 9.48. The molecule has 0 aliphatic rings. The van der Waals surface area contributed by atoms with Gasteiger partial charge in [-0.25, -0.2) is 0 Å². The Kier molecular flexibility index (Phi) is 2.35. The van der Waals surface area contributed by atoms with Crippen LogP contribution in [0.2, 0.25) is 0 Å². The number of thiophene rings is 1. The summed E-state index contributed by atoms with van der Waals surface area (Å²) < 4.78 is 4.04. The van der Waals surface area contributed by atoms with E-state index < -0.39 is 0 Å². The van der Waals surface area contributed by atoms with E-state index in [1.165, 1.54) is 34.5 Å². The molecule has 4 rings (SSSR count). The summed E-state index contributed by atoms with van der Waals surface area (Å²) in [7, 11) is 0. The maximum absolute atomic E-state index is 2.37. The van der Waals surface area contributed by atoms with E-state index in [4.69, 9.17) is 0 Å². The molecule has 4 aromatic rings. The maximum Gasteiger partial charge on any atom is 0.0361 e. The first kappa shape index (κ1) is 10.8. The second-order valence-corrected chi connectivity index (χ2v) is 6.73. The van der Waals surface area contributed by atoms with Gasteiger partial charge in [0.25, 0.3) is 0 Å². The minimum Gasteiger partial charge on any atom is -0.135 e. The van der Waals surface area contributed by atoms with Gasteiger partial charge in [-0.15, -0.1) is 11.3 Å². The number of halogens is 1. The molecule has 0 spiro atoms. The van der Waals surface area contributed by atoms with Gasteiger partial charge in [0.05, 0.1) is 0 Å². The monoisotopic (exact) mass is 360 g/mol. The second-order valence-electron chi connectivity index (χ2n) is 4.40. The van der Waals surface area contributed by atoms with Crippen LogP contribution in [-0.4, -0.2) is 0 Å². The predicted octanol–water partition coefficient (Wildman–Crippen LogP) is 5.81. The van der Waals surface area contributed by atoms with Crippen LogP contribution in [0.15, 0.2) is 54.6 Å². The Morgan fingerprint density at radius 2 is 1.67 bits per heavy atom. The largest absolute Gasteiger partial charge is 0.135 e. The van der Waals surface area contributed by atoms with Gasteiger partial charge in [-0.2, -0.15) is 0 Å².